The van der Waals surface area contributed by atoms with Gasteiger partial charge in [-0.15, -0.1) is 35.9 Å². The van der Waals surface area contributed by atoms with E-state index in [0.717, 1.165) is 16.7 Å². The van der Waals surface area contributed by atoms with Gasteiger partial charge in [0.05, 0.1) is 5.78 Å². The van der Waals surface area contributed by atoms with Crippen LogP contribution in [0.5, 0.6) is 0 Å². The minimum absolute atomic E-state index is 0. The molecule has 0 atom stereocenters. The molecule has 0 unspecified atom stereocenters. The van der Waals surface area contributed by atoms with E-state index in [0.29, 0.717) is 5.56 Å². The van der Waals surface area contributed by atoms with Gasteiger partial charge in [0.25, 0.3) is 0 Å². The monoisotopic (exact) mass is 427 g/mol. The van der Waals surface area contributed by atoms with Crippen LogP contribution in [-0.2, 0) is 38.1 Å². The van der Waals surface area contributed by atoms with Gasteiger partial charge in [-0.1, -0.05) is 92.6 Å². The van der Waals surface area contributed by atoms with Gasteiger partial charge in [0.15, 0.2) is 0 Å². The normalized spacial score (nSPS) is 11.2. The van der Waals surface area contributed by atoms with Crippen molar-refractivity contribution in [2.75, 3.05) is 0 Å². The van der Waals surface area contributed by atoms with Crippen molar-refractivity contribution in [3.05, 3.63) is 108 Å². The fourth-order valence-corrected chi connectivity index (χ4v) is 2.80. The van der Waals surface area contributed by atoms with Gasteiger partial charge in [-0.05, 0) is 16.5 Å². The van der Waals surface area contributed by atoms with Crippen LogP contribution in [0, 0.1) is 12.2 Å². The average molecular weight is 427 g/mol. The summed E-state index contributed by atoms with van der Waals surface area (Å²) >= 11 is 0. The van der Waals surface area contributed by atoms with Crippen LogP contribution in [0.15, 0.2) is 78.9 Å². The smallest absolute Gasteiger partial charge is 0.0764 e. The Morgan fingerprint density at radius 3 is 2.04 bits per heavy atom. The molecule has 0 spiro atoms. The summed E-state index contributed by atoms with van der Waals surface area (Å²) in [5.74, 6) is -0.163. The third kappa shape index (κ3) is 5.57. The molecule has 1 nitrogen and oxygen atoms in total. The van der Waals surface area contributed by atoms with E-state index in [1.54, 1.807) is 0 Å². The quantitative estimate of drug-likeness (QED) is 0.282. The van der Waals surface area contributed by atoms with Gasteiger partial charge in [0.1, 0.15) is 0 Å². The molecule has 27 heavy (non-hydrogen) atoms. The molecule has 0 saturated carbocycles. The summed E-state index contributed by atoms with van der Waals surface area (Å²) in [6, 6.07) is 25.6. The average Bonchev–Trinajstić information content (AvgIpc) is 2.66. The van der Waals surface area contributed by atoms with Crippen molar-refractivity contribution < 1.29 is 37.5 Å². The third-order valence-corrected chi connectivity index (χ3v) is 4.33. The summed E-state index contributed by atoms with van der Waals surface area (Å²) in [7, 11) is 0. The molecule has 0 bridgehead atoms. The summed E-state index contributed by atoms with van der Waals surface area (Å²) in [6.45, 7) is 6.58. The number of carbonyl (C=O) groups is 1. The predicted molar refractivity (Wildman–Crippen MR) is 107 cm³/mol. The van der Waals surface area contributed by atoms with Crippen LogP contribution < -0.4 is 0 Å². The molecule has 0 aromatic heterocycles. The molecule has 0 saturated heterocycles. The van der Waals surface area contributed by atoms with Crippen molar-refractivity contribution in [3.8, 4) is 11.1 Å². The first-order valence-corrected chi connectivity index (χ1v) is 8.76. The van der Waals surface area contributed by atoms with Crippen LogP contribution in [0.25, 0.3) is 11.1 Å². The Balaban J connectivity index is 0.00000261. The van der Waals surface area contributed by atoms with Crippen molar-refractivity contribution in [1.29, 1.82) is 0 Å². The Morgan fingerprint density at radius 1 is 0.815 bits per heavy atom. The summed E-state index contributed by atoms with van der Waals surface area (Å²) < 4.78 is 0. The molecule has 2 heteroatoms. The Bertz CT molecular complexity index is 917. The molecule has 0 aliphatic carbocycles. The second kappa shape index (κ2) is 9.39. The van der Waals surface area contributed by atoms with Gasteiger partial charge in [-0.3, -0.25) is 0 Å². The predicted octanol–water partition coefficient (Wildman–Crippen LogP) is 6.04. The zero-order chi connectivity index (χ0) is 18.6. The molecule has 0 aliphatic rings. The van der Waals surface area contributed by atoms with Crippen LogP contribution in [0.4, 0.5) is 0 Å². The van der Waals surface area contributed by atoms with E-state index in [1.807, 2.05) is 54.6 Å². The van der Waals surface area contributed by atoms with Gasteiger partial charge in [-0.2, -0.15) is 0 Å². The summed E-state index contributed by atoms with van der Waals surface area (Å²) in [5.41, 5.74) is 4.81. The molecule has 132 valence electrons. The summed E-state index contributed by atoms with van der Waals surface area (Å²) in [4.78, 5) is 12.7. The molecule has 3 aromatic rings. The fraction of sp³-hybridized carbons (Fsp3) is 0.160. The molecule has 3 rings (SSSR count). The second-order valence-electron chi connectivity index (χ2n) is 7.32. The number of benzene rings is 3. The van der Waals surface area contributed by atoms with E-state index in [4.69, 9.17) is 0 Å². The Labute approximate surface area is 187 Å². The molecule has 0 aliphatic heterocycles. The van der Waals surface area contributed by atoms with E-state index in [9.17, 15) is 4.79 Å². The van der Waals surface area contributed by atoms with Crippen LogP contribution >= 0.6 is 0 Å². The number of hydrogen-bond donors (Lipinski definition) is 0. The number of rotatable bonds is 4. The SMILES string of the molecule is CC(C)(C)c1ccc(-c2ccccc2C(=O)[C-]=[C]c2ccccc2)cc1.[Y]. The van der Waals surface area contributed by atoms with Gasteiger partial charge in [0.2, 0.25) is 0 Å². The molecule has 3 aromatic carbocycles. The van der Waals surface area contributed by atoms with E-state index in [2.05, 4.69) is 57.2 Å². The van der Waals surface area contributed by atoms with E-state index in [1.165, 1.54) is 5.56 Å². The number of Topliss-reactive ketones (excluding diaryl/α,β-unsaturated/α-hetero) is 1. The zero-order valence-corrected chi connectivity index (χ0v) is 18.8. The maximum Gasteiger partial charge on any atom is 0.0764 e. The molecule has 0 heterocycles. The minimum atomic E-state index is -0.163. The third-order valence-electron chi connectivity index (χ3n) is 4.33. The number of ketones is 1. The van der Waals surface area contributed by atoms with Crippen LogP contribution in [0.1, 0.15) is 42.3 Å². The van der Waals surface area contributed by atoms with Gasteiger partial charge in [-0.25, -0.2) is 0 Å². The number of carbonyl (C=O) groups excluding carboxylic acids is 1. The summed E-state index contributed by atoms with van der Waals surface area (Å²) in [5, 5.41) is 0. The minimum Gasteiger partial charge on any atom is -0.319 e. The molecular formula is C25H22OY-. The Kier molecular flexibility index (Phi) is 7.47. The molecule has 2 radical (unpaired) electrons. The van der Waals surface area contributed by atoms with Gasteiger partial charge in [0, 0.05) is 32.7 Å². The van der Waals surface area contributed by atoms with Crippen molar-refractivity contribution in [2.45, 2.75) is 26.2 Å². The van der Waals surface area contributed by atoms with Crippen molar-refractivity contribution >= 4 is 5.78 Å². The largest absolute Gasteiger partial charge is 0.319 e. The maximum atomic E-state index is 12.7. The van der Waals surface area contributed by atoms with E-state index < -0.39 is 0 Å². The number of hydrogen-bond acceptors (Lipinski definition) is 1. The molecule has 0 fully saturated rings. The zero-order valence-electron chi connectivity index (χ0n) is 16.0. The Morgan fingerprint density at radius 2 is 1.41 bits per heavy atom. The fourth-order valence-electron chi connectivity index (χ4n) is 2.80. The molecular weight excluding hydrogens is 405 g/mol. The maximum absolute atomic E-state index is 12.7. The topological polar surface area (TPSA) is 17.1 Å². The first-order valence-electron chi connectivity index (χ1n) is 8.76. The van der Waals surface area contributed by atoms with Crippen molar-refractivity contribution in [1.82, 2.24) is 0 Å². The standard InChI is InChI=1S/C25H22O.Y/c1-25(2,3)21-16-14-20(15-17-21)22-11-7-8-12-23(22)24(26)18-13-19-9-5-4-6-10-19;/h4-12,14-17H,1-3H3;/q-1;. The van der Waals surface area contributed by atoms with Gasteiger partial charge >= 0.3 is 0 Å². The molecule has 0 N–H and O–H groups in total. The van der Waals surface area contributed by atoms with Crippen LogP contribution in [0.2, 0.25) is 0 Å². The van der Waals surface area contributed by atoms with E-state index >= 15 is 0 Å². The van der Waals surface area contributed by atoms with Gasteiger partial charge < -0.3 is 4.79 Å². The van der Waals surface area contributed by atoms with Crippen molar-refractivity contribution in [3.63, 3.8) is 0 Å². The van der Waals surface area contributed by atoms with Crippen LogP contribution in [0.3, 0.4) is 0 Å². The Hall–Kier alpha value is -1.83. The summed E-state index contributed by atoms with van der Waals surface area (Å²) in [6.07, 6.45) is 5.72. The molecule has 0 amide bonds. The second-order valence-corrected chi connectivity index (χ2v) is 7.32. The van der Waals surface area contributed by atoms with Crippen LogP contribution in [-0.4, -0.2) is 5.78 Å². The van der Waals surface area contributed by atoms with E-state index in [-0.39, 0.29) is 43.9 Å². The first-order chi connectivity index (χ1) is 12.4. The first kappa shape index (κ1) is 21.5. The van der Waals surface area contributed by atoms with Crippen molar-refractivity contribution in [2.24, 2.45) is 0 Å². The number of allylic oxidation sites excluding steroid dienone is 1.